The molecule has 0 radical (unpaired) electrons. The van der Waals surface area contributed by atoms with Crippen LogP contribution in [-0.2, 0) is 13.6 Å². The topological polar surface area (TPSA) is 75.8 Å². The number of fused-ring (bicyclic) bond motifs is 1. The monoisotopic (exact) mass is 295 g/mol. The Morgan fingerprint density at radius 2 is 1.76 bits per heavy atom. The number of hydrogen-bond acceptors (Lipinski definition) is 4. The lowest BCUT2D eigenvalue weighted by Crippen LogP contribution is -2.34. The minimum atomic E-state index is -0.391. The number of nitrogens with zero attached hydrogens (tertiary/aromatic N) is 5. The minimum Gasteiger partial charge on any atom is -0.858 e. The first-order valence-electron chi connectivity index (χ1n) is 6.88. The smallest absolute Gasteiger partial charge is 0.329 e. The van der Waals surface area contributed by atoms with Crippen LogP contribution in [0.3, 0.4) is 0 Å². The average Bonchev–Trinajstić information content (AvgIpc) is 2.78. The van der Waals surface area contributed by atoms with Crippen molar-refractivity contribution in [2.75, 3.05) is 28.2 Å². The average molecular weight is 295 g/mol. The summed E-state index contributed by atoms with van der Waals surface area (Å²) in [4.78, 5) is 19.8. The highest BCUT2D eigenvalue weighted by Gasteiger charge is 2.17. The summed E-state index contributed by atoms with van der Waals surface area (Å²) in [5.74, 6) is 0.286. The molecule has 7 nitrogen and oxygen atoms in total. The lowest BCUT2D eigenvalue weighted by molar-refractivity contribution is -0.849. The number of rotatable bonds is 2. The van der Waals surface area contributed by atoms with Gasteiger partial charge in [0.1, 0.15) is 12.0 Å². The third kappa shape index (κ3) is 4.56. The van der Waals surface area contributed by atoms with Crippen LogP contribution >= 0.6 is 0 Å². The van der Waals surface area contributed by atoms with Crippen molar-refractivity contribution in [3.63, 3.8) is 0 Å². The van der Waals surface area contributed by atoms with Crippen molar-refractivity contribution in [2.45, 2.75) is 20.4 Å². The van der Waals surface area contributed by atoms with E-state index in [9.17, 15) is 9.90 Å². The van der Waals surface area contributed by atoms with E-state index in [1.165, 1.54) is 17.9 Å². The molecule has 0 spiro atoms. The first-order valence-corrected chi connectivity index (χ1v) is 6.88. The van der Waals surface area contributed by atoms with Gasteiger partial charge in [-0.1, -0.05) is 13.8 Å². The van der Waals surface area contributed by atoms with Gasteiger partial charge in [0.25, 0.3) is 0 Å². The number of quaternary nitrogens is 1. The first kappa shape index (κ1) is 17.2. The maximum atomic E-state index is 11.9. The van der Waals surface area contributed by atoms with Crippen molar-refractivity contribution in [1.29, 1.82) is 0 Å². The fourth-order valence-electron chi connectivity index (χ4n) is 1.66. The van der Waals surface area contributed by atoms with Crippen molar-refractivity contribution < 1.29 is 9.59 Å². The molecule has 0 bridgehead atoms. The fraction of sp³-hybridized carbons (Fsp3) is 0.643. The van der Waals surface area contributed by atoms with E-state index in [1.807, 2.05) is 13.8 Å². The molecule has 0 unspecified atom stereocenters. The Morgan fingerprint density at radius 1 is 1.24 bits per heavy atom. The summed E-state index contributed by atoms with van der Waals surface area (Å²) >= 11 is 0. The molecule has 0 aromatic heterocycles. The van der Waals surface area contributed by atoms with E-state index in [0.717, 1.165) is 9.05 Å². The molecule has 0 fully saturated rings. The van der Waals surface area contributed by atoms with Gasteiger partial charge in [-0.05, 0) is 11.8 Å². The van der Waals surface area contributed by atoms with Gasteiger partial charge in [-0.15, -0.1) is 0 Å². The van der Waals surface area contributed by atoms with E-state index < -0.39 is 5.88 Å². The molecular formula is C14H25N5O2. The van der Waals surface area contributed by atoms with Crippen LogP contribution in [0, 0.1) is 5.92 Å². The predicted octanol–water partition coefficient (Wildman–Crippen LogP) is 0.134. The molecule has 118 valence electrons. The van der Waals surface area contributed by atoms with Crippen LogP contribution in [0.1, 0.15) is 13.8 Å². The Bertz CT molecular complexity index is 616. The summed E-state index contributed by atoms with van der Waals surface area (Å²) in [7, 11) is 9.95. The SMILES string of the molecule is CC(C)Cn1c2ncnc-2c([O-])n(C)c1=O.C[N+](C)(C)C. The van der Waals surface area contributed by atoms with Crippen molar-refractivity contribution in [1.82, 2.24) is 19.1 Å². The van der Waals surface area contributed by atoms with Gasteiger partial charge in [-0.3, -0.25) is 4.57 Å². The molecular weight excluding hydrogens is 270 g/mol. The van der Waals surface area contributed by atoms with E-state index in [4.69, 9.17) is 0 Å². The zero-order chi connectivity index (χ0) is 16.4. The van der Waals surface area contributed by atoms with Gasteiger partial charge >= 0.3 is 5.69 Å². The van der Waals surface area contributed by atoms with Crippen LogP contribution < -0.4 is 10.8 Å². The molecule has 0 saturated carbocycles. The Balaban J connectivity index is 0.000000383. The Morgan fingerprint density at radius 3 is 2.24 bits per heavy atom. The molecule has 0 aliphatic carbocycles. The summed E-state index contributed by atoms with van der Waals surface area (Å²) < 4.78 is 3.56. The van der Waals surface area contributed by atoms with E-state index in [2.05, 4.69) is 38.2 Å². The molecule has 0 saturated heterocycles. The van der Waals surface area contributed by atoms with Gasteiger partial charge in [-0.2, -0.15) is 0 Å². The molecule has 0 N–H and O–H groups in total. The van der Waals surface area contributed by atoms with Gasteiger partial charge in [0, 0.05) is 13.6 Å². The molecule has 0 atom stereocenters. The Labute approximate surface area is 125 Å². The highest BCUT2D eigenvalue weighted by molar-refractivity contribution is 5.56. The third-order valence-corrected chi connectivity index (χ3v) is 2.41. The Hall–Kier alpha value is -1.89. The van der Waals surface area contributed by atoms with Gasteiger partial charge in [0.2, 0.25) is 0 Å². The summed E-state index contributed by atoms with van der Waals surface area (Å²) in [5, 5.41) is 11.7. The summed E-state index contributed by atoms with van der Waals surface area (Å²) in [6.45, 7) is 4.53. The van der Waals surface area contributed by atoms with Crippen LogP contribution in [0.15, 0.2) is 11.1 Å². The molecule has 0 aromatic rings. The van der Waals surface area contributed by atoms with Crippen LogP contribution in [0.4, 0.5) is 0 Å². The largest absolute Gasteiger partial charge is 0.858 e. The van der Waals surface area contributed by atoms with Gasteiger partial charge in [0.05, 0.1) is 28.2 Å². The normalized spacial score (nSPS) is 11.6. The lowest BCUT2D eigenvalue weighted by atomic mass is 10.2. The summed E-state index contributed by atoms with van der Waals surface area (Å²) in [6, 6.07) is 0. The van der Waals surface area contributed by atoms with Crippen molar-refractivity contribution >= 4 is 0 Å². The van der Waals surface area contributed by atoms with Crippen LogP contribution in [-0.4, -0.2) is 51.8 Å². The second-order valence-corrected chi connectivity index (χ2v) is 6.88. The molecule has 2 aliphatic heterocycles. The number of aromatic nitrogens is 4. The zero-order valence-electron chi connectivity index (χ0n) is 13.9. The zero-order valence-corrected chi connectivity index (χ0v) is 13.9. The standard InChI is InChI=1S/C10H14N4O2.C4H12N/c1-6(2)4-14-8-7(11-5-12-8)9(15)13(3)10(14)16;1-5(2,3)4/h5-6,15H,4H2,1-3H3;1-4H3/q;+1/p-1. The second kappa shape index (κ2) is 6.26. The summed E-state index contributed by atoms with van der Waals surface area (Å²) in [6.07, 6.45) is 1.31. The predicted molar refractivity (Wildman–Crippen MR) is 80.1 cm³/mol. The van der Waals surface area contributed by atoms with Gasteiger partial charge in [0.15, 0.2) is 5.82 Å². The third-order valence-electron chi connectivity index (χ3n) is 2.41. The minimum absolute atomic E-state index is 0.253. The molecule has 0 aromatic carbocycles. The Kier molecular flexibility index (Phi) is 5.11. The van der Waals surface area contributed by atoms with Gasteiger partial charge in [-0.25, -0.2) is 14.8 Å². The van der Waals surface area contributed by atoms with Gasteiger partial charge < -0.3 is 14.2 Å². The van der Waals surface area contributed by atoms with Crippen molar-refractivity contribution in [3.05, 3.63) is 16.8 Å². The van der Waals surface area contributed by atoms with Crippen LogP contribution in [0.25, 0.3) is 11.5 Å². The number of hydrogen-bond donors (Lipinski definition) is 0. The maximum absolute atomic E-state index is 11.9. The molecule has 2 aliphatic rings. The molecule has 21 heavy (non-hydrogen) atoms. The van der Waals surface area contributed by atoms with Crippen LogP contribution in [0.2, 0.25) is 0 Å². The molecule has 0 amide bonds. The van der Waals surface area contributed by atoms with E-state index in [-0.39, 0.29) is 11.4 Å². The highest BCUT2D eigenvalue weighted by atomic mass is 16.3. The van der Waals surface area contributed by atoms with Crippen molar-refractivity contribution in [3.8, 4) is 17.4 Å². The lowest BCUT2D eigenvalue weighted by Gasteiger charge is -2.20. The van der Waals surface area contributed by atoms with E-state index in [0.29, 0.717) is 18.3 Å². The summed E-state index contributed by atoms with van der Waals surface area (Å²) in [5.41, 5.74) is -0.0885. The second-order valence-electron chi connectivity index (χ2n) is 6.88. The van der Waals surface area contributed by atoms with Crippen LogP contribution in [0.5, 0.6) is 5.88 Å². The first-order chi connectivity index (χ1) is 9.52. The molecule has 7 heteroatoms. The van der Waals surface area contributed by atoms with E-state index >= 15 is 0 Å². The highest BCUT2D eigenvalue weighted by Crippen LogP contribution is 2.22. The van der Waals surface area contributed by atoms with E-state index in [1.54, 1.807) is 0 Å². The quantitative estimate of drug-likeness (QED) is 0.738. The van der Waals surface area contributed by atoms with Crippen molar-refractivity contribution in [2.24, 2.45) is 13.0 Å². The maximum Gasteiger partial charge on any atom is 0.329 e. The number of imidazole rings is 1. The fourth-order valence-corrected chi connectivity index (χ4v) is 1.66. The molecule has 2 rings (SSSR count). The molecule has 2 heterocycles.